The van der Waals surface area contributed by atoms with Gasteiger partial charge in [-0.1, -0.05) is 25.9 Å². The van der Waals surface area contributed by atoms with Crippen LogP contribution in [0.5, 0.6) is 0 Å². The zero-order valence-electron chi connectivity index (χ0n) is 8.88. The third-order valence-electron chi connectivity index (χ3n) is 1.61. The molecule has 0 amide bonds. The van der Waals surface area contributed by atoms with Gasteiger partial charge in [0.2, 0.25) is 0 Å². The molecule has 0 bridgehead atoms. The van der Waals surface area contributed by atoms with Crippen LogP contribution in [-0.2, 0) is 14.4 Å². The Morgan fingerprint density at radius 2 is 1.85 bits per heavy atom. The fourth-order valence-electron chi connectivity index (χ4n) is 0.753. The topological polar surface area (TPSA) is 47.9 Å². The molecule has 0 aliphatic heterocycles. The minimum absolute atomic E-state index is 0.174. The van der Waals surface area contributed by atoms with Gasteiger partial charge < -0.3 is 9.57 Å². The number of carbonyl (C=O) groups is 1. The fraction of sp³-hybridized carbons (Fsp3) is 0.778. The smallest absolute Gasteiger partial charge is 0.311 e. The van der Waals surface area contributed by atoms with Crippen molar-refractivity contribution in [2.24, 2.45) is 10.6 Å². The van der Waals surface area contributed by atoms with Crippen molar-refractivity contribution in [2.45, 2.75) is 27.2 Å². The van der Waals surface area contributed by atoms with Crippen LogP contribution in [0.3, 0.4) is 0 Å². The predicted octanol–water partition coefficient (Wildman–Crippen LogP) is 1.60. The van der Waals surface area contributed by atoms with Gasteiger partial charge in [0.15, 0.2) is 0 Å². The summed E-state index contributed by atoms with van der Waals surface area (Å²) in [5, 5.41) is 3.80. The van der Waals surface area contributed by atoms with E-state index in [4.69, 9.17) is 0 Å². The van der Waals surface area contributed by atoms with E-state index in [2.05, 4.69) is 14.7 Å². The van der Waals surface area contributed by atoms with E-state index in [1.165, 1.54) is 14.2 Å². The molecule has 13 heavy (non-hydrogen) atoms. The summed E-state index contributed by atoms with van der Waals surface area (Å²) in [5.74, 6) is -0.300. The second-order valence-corrected chi connectivity index (χ2v) is 3.72. The highest BCUT2D eigenvalue weighted by Crippen LogP contribution is 2.18. The molecule has 0 aromatic heterocycles. The Labute approximate surface area is 78.9 Å². The first-order chi connectivity index (χ1) is 5.91. The number of ether oxygens (including phenoxy) is 1. The van der Waals surface area contributed by atoms with Crippen molar-refractivity contribution in [2.75, 3.05) is 14.2 Å². The molecule has 0 fully saturated rings. The molecule has 0 aliphatic carbocycles. The number of methoxy groups -OCH3 is 1. The molecule has 0 atom stereocenters. The molecule has 0 saturated carbocycles. The first-order valence-corrected chi connectivity index (χ1v) is 4.09. The van der Waals surface area contributed by atoms with E-state index in [-0.39, 0.29) is 17.8 Å². The van der Waals surface area contributed by atoms with Crippen LogP contribution in [0.15, 0.2) is 5.16 Å². The summed E-state index contributed by atoms with van der Waals surface area (Å²) in [4.78, 5) is 15.6. The Morgan fingerprint density at radius 3 is 2.15 bits per heavy atom. The number of hydrogen-bond acceptors (Lipinski definition) is 4. The summed E-state index contributed by atoms with van der Waals surface area (Å²) in [6.45, 7) is 5.90. The lowest BCUT2D eigenvalue weighted by molar-refractivity contribution is -0.139. The second-order valence-electron chi connectivity index (χ2n) is 3.72. The van der Waals surface area contributed by atoms with Crippen LogP contribution in [0.4, 0.5) is 0 Å². The Balaban J connectivity index is 4.46. The third kappa shape index (κ3) is 4.50. The Kier molecular flexibility index (Phi) is 4.45. The number of oxime groups is 1. The van der Waals surface area contributed by atoms with Gasteiger partial charge >= 0.3 is 5.97 Å². The Bertz CT molecular complexity index is 203. The van der Waals surface area contributed by atoms with Crippen LogP contribution in [0.1, 0.15) is 27.2 Å². The van der Waals surface area contributed by atoms with Gasteiger partial charge in [-0.2, -0.15) is 0 Å². The molecule has 0 aliphatic rings. The molecule has 4 nitrogen and oxygen atoms in total. The van der Waals surface area contributed by atoms with Crippen molar-refractivity contribution in [1.82, 2.24) is 0 Å². The maximum atomic E-state index is 11.0. The lowest BCUT2D eigenvalue weighted by atomic mass is 9.88. The Morgan fingerprint density at radius 1 is 1.31 bits per heavy atom. The molecule has 0 radical (unpaired) electrons. The van der Waals surface area contributed by atoms with Crippen molar-refractivity contribution in [3.63, 3.8) is 0 Å². The summed E-state index contributed by atoms with van der Waals surface area (Å²) in [5.41, 5.74) is 0.506. The highest BCUT2D eigenvalue weighted by molar-refractivity contribution is 6.01. The van der Waals surface area contributed by atoms with Crippen molar-refractivity contribution >= 4 is 11.7 Å². The van der Waals surface area contributed by atoms with Crippen LogP contribution in [0.2, 0.25) is 0 Å². The van der Waals surface area contributed by atoms with Crippen LogP contribution in [-0.4, -0.2) is 25.9 Å². The minimum Gasteiger partial charge on any atom is -0.469 e. The monoisotopic (exact) mass is 187 g/mol. The van der Waals surface area contributed by atoms with Gasteiger partial charge in [-0.3, -0.25) is 4.79 Å². The summed E-state index contributed by atoms with van der Waals surface area (Å²) >= 11 is 0. The molecule has 4 heteroatoms. The second kappa shape index (κ2) is 4.84. The standard InChI is InChI=1S/C9H17NO3/c1-9(2,3)7(10-13-5)6-8(11)12-4/h6H2,1-5H3. The van der Waals surface area contributed by atoms with Crippen LogP contribution >= 0.6 is 0 Å². The van der Waals surface area contributed by atoms with Crippen molar-refractivity contribution in [3.8, 4) is 0 Å². The molecule has 0 spiro atoms. The first-order valence-electron chi connectivity index (χ1n) is 4.09. The molecule has 0 N–H and O–H groups in total. The van der Waals surface area contributed by atoms with Gasteiger partial charge in [0, 0.05) is 5.41 Å². The molecule has 0 aromatic rings. The molecular weight excluding hydrogens is 170 g/mol. The summed E-state index contributed by atoms with van der Waals surface area (Å²) < 4.78 is 4.55. The Hall–Kier alpha value is -1.06. The number of hydrogen-bond donors (Lipinski definition) is 0. The highest BCUT2D eigenvalue weighted by Gasteiger charge is 2.22. The predicted molar refractivity (Wildman–Crippen MR) is 50.5 cm³/mol. The van der Waals surface area contributed by atoms with Gasteiger partial charge in [-0.25, -0.2) is 0 Å². The fourth-order valence-corrected chi connectivity index (χ4v) is 0.753. The number of rotatable bonds is 3. The van der Waals surface area contributed by atoms with Gasteiger partial charge in [0.1, 0.15) is 7.11 Å². The van der Waals surface area contributed by atoms with Crippen molar-refractivity contribution < 1.29 is 14.4 Å². The van der Waals surface area contributed by atoms with E-state index in [9.17, 15) is 4.79 Å². The van der Waals surface area contributed by atoms with Crippen molar-refractivity contribution in [3.05, 3.63) is 0 Å². The van der Waals surface area contributed by atoms with Crippen LogP contribution in [0.25, 0.3) is 0 Å². The van der Waals surface area contributed by atoms with Gasteiger partial charge in [-0.15, -0.1) is 0 Å². The van der Waals surface area contributed by atoms with Crippen LogP contribution in [0, 0.1) is 5.41 Å². The highest BCUT2D eigenvalue weighted by atomic mass is 16.6. The molecule has 0 saturated heterocycles. The summed E-state index contributed by atoms with van der Waals surface area (Å²) in [7, 11) is 2.82. The largest absolute Gasteiger partial charge is 0.469 e. The van der Waals surface area contributed by atoms with Gasteiger partial charge in [-0.05, 0) is 0 Å². The van der Waals surface area contributed by atoms with Gasteiger partial charge in [0.05, 0.1) is 19.2 Å². The lowest BCUT2D eigenvalue weighted by Gasteiger charge is -2.19. The van der Waals surface area contributed by atoms with E-state index >= 15 is 0 Å². The summed E-state index contributed by atoms with van der Waals surface area (Å²) in [6, 6.07) is 0. The lowest BCUT2D eigenvalue weighted by Crippen LogP contribution is -2.24. The number of carbonyl (C=O) groups excluding carboxylic acids is 1. The minimum atomic E-state index is -0.300. The molecule has 0 rings (SSSR count). The van der Waals surface area contributed by atoms with E-state index in [0.717, 1.165) is 0 Å². The molecule has 76 valence electrons. The zero-order chi connectivity index (χ0) is 10.5. The normalized spacial score (nSPS) is 12.5. The number of nitrogens with zero attached hydrogens (tertiary/aromatic N) is 1. The number of esters is 1. The van der Waals surface area contributed by atoms with Gasteiger partial charge in [0.25, 0.3) is 0 Å². The molecule has 0 unspecified atom stereocenters. The average Bonchev–Trinajstić information content (AvgIpc) is 2.01. The van der Waals surface area contributed by atoms with E-state index in [0.29, 0.717) is 5.71 Å². The molecule has 0 aromatic carbocycles. The third-order valence-corrected chi connectivity index (χ3v) is 1.61. The van der Waals surface area contributed by atoms with E-state index in [1.54, 1.807) is 0 Å². The zero-order valence-corrected chi connectivity index (χ0v) is 8.88. The maximum absolute atomic E-state index is 11.0. The van der Waals surface area contributed by atoms with E-state index < -0.39 is 0 Å². The maximum Gasteiger partial charge on any atom is 0.311 e. The van der Waals surface area contributed by atoms with Crippen molar-refractivity contribution in [1.29, 1.82) is 0 Å². The quantitative estimate of drug-likeness (QED) is 0.383. The van der Waals surface area contributed by atoms with E-state index in [1.807, 2.05) is 20.8 Å². The van der Waals surface area contributed by atoms with Crippen LogP contribution < -0.4 is 0 Å². The molecule has 0 heterocycles. The molecular formula is C9H17NO3. The summed E-state index contributed by atoms with van der Waals surface area (Å²) in [6.07, 6.45) is 0.174. The SMILES string of the molecule is CON=C(CC(=O)OC)C(C)(C)C. The average molecular weight is 187 g/mol. The first kappa shape index (κ1) is 11.9.